The summed E-state index contributed by atoms with van der Waals surface area (Å²) in [5, 5.41) is 0. The Morgan fingerprint density at radius 2 is 1.53 bits per heavy atom. The second-order valence-electron chi connectivity index (χ2n) is 4.28. The van der Waals surface area contributed by atoms with E-state index in [-0.39, 0.29) is 0 Å². The summed E-state index contributed by atoms with van der Waals surface area (Å²) in [7, 11) is 1.01. The van der Waals surface area contributed by atoms with Crippen LogP contribution in [0.4, 0.5) is 22.0 Å². The molecule has 2 nitrogen and oxygen atoms in total. The number of amides is 1. The summed E-state index contributed by atoms with van der Waals surface area (Å²) in [5.41, 5.74) is 0. The number of alkyl halides is 5. The Morgan fingerprint density at radius 3 is 1.94 bits per heavy atom. The van der Waals surface area contributed by atoms with Gasteiger partial charge in [0.1, 0.15) is 0 Å². The predicted molar refractivity (Wildman–Crippen MR) is 50.6 cm³/mol. The van der Waals surface area contributed by atoms with E-state index < -0.39 is 24.0 Å². The summed E-state index contributed by atoms with van der Waals surface area (Å²) < 4.78 is 61.7. The van der Waals surface area contributed by atoms with Gasteiger partial charge in [-0.2, -0.15) is 22.0 Å². The van der Waals surface area contributed by atoms with Crippen LogP contribution in [0.25, 0.3) is 0 Å². The van der Waals surface area contributed by atoms with E-state index in [4.69, 9.17) is 0 Å². The summed E-state index contributed by atoms with van der Waals surface area (Å²) >= 11 is 0. The first-order valence-electron chi connectivity index (χ1n) is 5.39. The molecule has 17 heavy (non-hydrogen) atoms. The SMILES string of the molecule is CN(C(=O)C(F)(F)C(F)(F)F)C1CCCCC1. The molecule has 0 aromatic heterocycles. The molecule has 0 bridgehead atoms. The minimum absolute atomic E-state index is 0.482. The van der Waals surface area contributed by atoms with Gasteiger partial charge in [-0.3, -0.25) is 4.79 Å². The van der Waals surface area contributed by atoms with Crippen molar-refractivity contribution in [3.63, 3.8) is 0 Å². The van der Waals surface area contributed by atoms with Crippen LogP contribution in [-0.2, 0) is 4.79 Å². The zero-order valence-corrected chi connectivity index (χ0v) is 9.36. The second kappa shape index (κ2) is 4.78. The molecule has 0 radical (unpaired) electrons. The van der Waals surface area contributed by atoms with E-state index in [2.05, 4.69) is 0 Å². The van der Waals surface area contributed by atoms with Crippen molar-refractivity contribution in [2.24, 2.45) is 0 Å². The largest absolute Gasteiger partial charge is 0.463 e. The number of halogens is 5. The third kappa shape index (κ3) is 2.87. The third-order valence-electron chi connectivity index (χ3n) is 3.07. The van der Waals surface area contributed by atoms with E-state index in [1.54, 1.807) is 0 Å². The monoisotopic (exact) mass is 259 g/mol. The van der Waals surface area contributed by atoms with Crippen LogP contribution in [0.2, 0.25) is 0 Å². The van der Waals surface area contributed by atoms with Crippen molar-refractivity contribution in [1.82, 2.24) is 4.90 Å². The van der Waals surface area contributed by atoms with Gasteiger partial charge in [0, 0.05) is 13.1 Å². The Balaban J connectivity index is 2.74. The number of carbonyl (C=O) groups excluding carboxylic acids is 1. The molecule has 0 spiro atoms. The lowest BCUT2D eigenvalue weighted by Gasteiger charge is -2.33. The van der Waals surface area contributed by atoms with Crippen LogP contribution in [-0.4, -0.2) is 36.0 Å². The summed E-state index contributed by atoms with van der Waals surface area (Å²) in [4.78, 5) is 11.7. The van der Waals surface area contributed by atoms with Crippen LogP contribution in [0.5, 0.6) is 0 Å². The van der Waals surface area contributed by atoms with Gasteiger partial charge >= 0.3 is 18.0 Å². The lowest BCUT2D eigenvalue weighted by molar-refractivity contribution is -0.274. The van der Waals surface area contributed by atoms with Gasteiger partial charge in [-0.1, -0.05) is 19.3 Å². The molecule has 0 N–H and O–H groups in total. The van der Waals surface area contributed by atoms with Crippen molar-refractivity contribution in [3.8, 4) is 0 Å². The maximum atomic E-state index is 12.8. The standard InChI is InChI=1S/C10H14F5NO/c1-16(7-5-3-2-4-6-7)8(17)9(11,12)10(13,14)15/h7H,2-6H2,1H3. The van der Waals surface area contributed by atoms with Crippen LogP contribution in [0, 0.1) is 0 Å². The van der Waals surface area contributed by atoms with E-state index in [1.807, 2.05) is 0 Å². The van der Waals surface area contributed by atoms with Gasteiger partial charge in [-0.25, -0.2) is 0 Å². The number of carbonyl (C=O) groups is 1. The molecule has 1 saturated carbocycles. The van der Waals surface area contributed by atoms with Gasteiger partial charge in [0.2, 0.25) is 0 Å². The normalized spacial score (nSPS) is 19.2. The molecule has 0 unspecified atom stereocenters. The van der Waals surface area contributed by atoms with Gasteiger partial charge in [0.25, 0.3) is 0 Å². The van der Waals surface area contributed by atoms with Gasteiger partial charge in [0.15, 0.2) is 0 Å². The average molecular weight is 259 g/mol. The Kier molecular flexibility index (Phi) is 3.99. The van der Waals surface area contributed by atoms with E-state index in [9.17, 15) is 26.7 Å². The second-order valence-corrected chi connectivity index (χ2v) is 4.28. The van der Waals surface area contributed by atoms with Crippen LogP contribution < -0.4 is 0 Å². The molecule has 1 aliphatic rings. The highest BCUT2D eigenvalue weighted by atomic mass is 19.4. The van der Waals surface area contributed by atoms with Crippen molar-refractivity contribution in [3.05, 3.63) is 0 Å². The molecule has 0 aromatic carbocycles. The van der Waals surface area contributed by atoms with Crippen molar-refractivity contribution >= 4 is 5.91 Å². The molecule has 1 amide bonds. The lowest BCUT2D eigenvalue weighted by Crippen LogP contribution is -2.53. The van der Waals surface area contributed by atoms with Crippen molar-refractivity contribution in [2.45, 2.75) is 50.2 Å². The Hall–Kier alpha value is -0.880. The molecule has 0 saturated heterocycles. The van der Waals surface area contributed by atoms with Gasteiger partial charge < -0.3 is 4.90 Å². The summed E-state index contributed by atoms with van der Waals surface area (Å²) in [6.45, 7) is 0. The number of rotatable bonds is 2. The van der Waals surface area contributed by atoms with Gasteiger partial charge in [0.05, 0.1) is 0 Å². The topological polar surface area (TPSA) is 20.3 Å². The van der Waals surface area contributed by atoms with Crippen molar-refractivity contribution < 1.29 is 26.7 Å². The molecule has 0 atom stereocenters. The Morgan fingerprint density at radius 1 is 1.06 bits per heavy atom. The first-order valence-corrected chi connectivity index (χ1v) is 5.39. The zero-order chi connectivity index (χ0) is 13.3. The van der Waals surface area contributed by atoms with Gasteiger partial charge in [-0.05, 0) is 12.8 Å². The fraction of sp³-hybridized carbons (Fsp3) is 0.900. The van der Waals surface area contributed by atoms with E-state index in [0.717, 1.165) is 26.3 Å². The molecule has 1 rings (SSSR count). The molecular formula is C10H14F5NO. The maximum Gasteiger partial charge on any atom is 0.463 e. The summed E-state index contributed by atoms with van der Waals surface area (Å²) in [5.74, 6) is -7.45. The fourth-order valence-electron chi connectivity index (χ4n) is 1.98. The molecule has 0 aliphatic heterocycles. The first kappa shape index (κ1) is 14.2. The summed E-state index contributed by atoms with van der Waals surface area (Å²) in [6, 6.07) is -0.510. The minimum Gasteiger partial charge on any atom is -0.337 e. The summed E-state index contributed by atoms with van der Waals surface area (Å²) in [6.07, 6.45) is -2.44. The fourth-order valence-corrected chi connectivity index (χ4v) is 1.98. The molecule has 0 heterocycles. The highest BCUT2D eigenvalue weighted by Gasteiger charge is 2.64. The Bertz CT molecular complexity index is 283. The van der Waals surface area contributed by atoms with Crippen molar-refractivity contribution in [1.29, 1.82) is 0 Å². The maximum absolute atomic E-state index is 12.8. The van der Waals surface area contributed by atoms with Crippen LogP contribution in [0.1, 0.15) is 32.1 Å². The number of hydrogen-bond acceptors (Lipinski definition) is 1. The van der Waals surface area contributed by atoms with Crippen LogP contribution in [0.15, 0.2) is 0 Å². The lowest BCUT2D eigenvalue weighted by atomic mass is 9.94. The zero-order valence-electron chi connectivity index (χ0n) is 9.36. The average Bonchev–Trinajstić information content (AvgIpc) is 2.26. The van der Waals surface area contributed by atoms with Crippen LogP contribution >= 0.6 is 0 Å². The Labute approximate surface area is 95.8 Å². The molecule has 100 valence electrons. The van der Waals surface area contributed by atoms with Gasteiger partial charge in [-0.15, -0.1) is 0 Å². The highest BCUT2D eigenvalue weighted by Crippen LogP contribution is 2.37. The predicted octanol–water partition coefficient (Wildman–Crippen LogP) is 2.98. The third-order valence-corrected chi connectivity index (χ3v) is 3.07. The molecule has 1 fully saturated rings. The molecule has 0 aromatic rings. The van der Waals surface area contributed by atoms with Crippen LogP contribution in [0.3, 0.4) is 0 Å². The highest BCUT2D eigenvalue weighted by molar-refractivity contribution is 5.84. The number of nitrogens with zero attached hydrogens (tertiary/aromatic N) is 1. The molecule has 7 heteroatoms. The smallest absolute Gasteiger partial charge is 0.337 e. The van der Waals surface area contributed by atoms with E-state index in [0.29, 0.717) is 17.7 Å². The van der Waals surface area contributed by atoms with E-state index >= 15 is 0 Å². The minimum atomic E-state index is -5.83. The first-order chi connectivity index (χ1) is 7.68. The molecular weight excluding hydrogens is 245 g/mol. The van der Waals surface area contributed by atoms with E-state index in [1.165, 1.54) is 0 Å². The molecule has 1 aliphatic carbocycles. The number of hydrogen-bond donors (Lipinski definition) is 0. The van der Waals surface area contributed by atoms with Crippen molar-refractivity contribution in [2.75, 3.05) is 7.05 Å². The quantitative estimate of drug-likeness (QED) is 0.698.